The van der Waals surface area contributed by atoms with E-state index in [4.69, 9.17) is 0 Å². The number of benzene rings is 1. The Morgan fingerprint density at radius 2 is 1.73 bits per heavy atom. The molecular weight excluding hydrogens is 278 g/mol. The van der Waals surface area contributed by atoms with Gasteiger partial charge < -0.3 is 9.80 Å². The van der Waals surface area contributed by atoms with E-state index in [1.54, 1.807) is 16.8 Å². The van der Waals surface area contributed by atoms with Gasteiger partial charge in [-0.3, -0.25) is 14.5 Å². The molecule has 0 bridgehead atoms. The van der Waals surface area contributed by atoms with E-state index in [1.807, 2.05) is 0 Å². The highest BCUT2D eigenvalue weighted by Crippen LogP contribution is 2.28. The monoisotopic (exact) mass is 299 g/mol. The predicted octanol–water partition coefficient (Wildman–Crippen LogP) is 0.139. The molecule has 5 nitrogen and oxygen atoms in total. The number of hydrogen-bond donors (Lipinski definition) is 0. The number of rotatable bonds is 1. The second-order valence-corrected chi connectivity index (χ2v) is 6.62. The topological polar surface area (TPSA) is 43.9 Å². The summed E-state index contributed by atoms with van der Waals surface area (Å²) in [5, 5.41) is 0. The first-order valence-electron chi connectivity index (χ1n) is 7.99. The molecule has 1 aliphatic carbocycles. The molecule has 4 rings (SSSR count). The molecule has 2 saturated heterocycles. The summed E-state index contributed by atoms with van der Waals surface area (Å²) in [6, 6.07) is 8.77. The summed E-state index contributed by atoms with van der Waals surface area (Å²) in [5.74, 6) is 0.168. The smallest absolute Gasteiger partial charge is 0.246 e. The van der Waals surface area contributed by atoms with Gasteiger partial charge in [0.15, 0.2) is 0 Å². The molecular formula is C17H21N3O2. The fourth-order valence-corrected chi connectivity index (χ4v) is 4.07. The third kappa shape index (κ3) is 2.11. The fraction of sp³-hybridized carbons (Fsp3) is 0.529. The van der Waals surface area contributed by atoms with Crippen LogP contribution in [-0.2, 0) is 22.4 Å². The molecule has 0 radical (unpaired) electrons. The number of carbonyl (C=O) groups is 2. The maximum Gasteiger partial charge on any atom is 0.246 e. The van der Waals surface area contributed by atoms with Crippen LogP contribution in [0.15, 0.2) is 24.3 Å². The van der Waals surface area contributed by atoms with Gasteiger partial charge in [0.25, 0.3) is 0 Å². The summed E-state index contributed by atoms with van der Waals surface area (Å²) in [7, 11) is 1.72. The zero-order chi connectivity index (χ0) is 15.3. The fourth-order valence-electron chi connectivity index (χ4n) is 4.07. The van der Waals surface area contributed by atoms with Gasteiger partial charge in [0.2, 0.25) is 11.8 Å². The lowest BCUT2D eigenvalue weighted by molar-refractivity contribution is -0.158. The van der Waals surface area contributed by atoms with Crippen LogP contribution in [0.2, 0.25) is 0 Å². The molecule has 3 aliphatic rings. The molecule has 0 N–H and O–H groups in total. The van der Waals surface area contributed by atoms with Crippen LogP contribution in [0.25, 0.3) is 0 Å². The van der Waals surface area contributed by atoms with E-state index in [0.717, 1.165) is 19.4 Å². The maximum absolute atomic E-state index is 12.4. The lowest BCUT2D eigenvalue weighted by atomic mass is 10.0. The molecule has 1 atom stereocenters. The molecule has 1 aromatic rings. The van der Waals surface area contributed by atoms with Crippen molar-refractivity contribution in [2.45, 2.75) is 24.9 Å². The molecule has 0 saturated carbocycles. The van der Waals surface area contributed by atoms with Crippen molar-refractivity contribution in [1.29, 1.82) is 0 Å². The quantitative estimate of drug-likeness (QED) is 0.741. The largest absolute Gasteiger partial charge is 0.335 e. The zero-order valence-electron chi connectivity index (χ0n) is 12.9. The van der Waals surface area contributed by atoms with E-state index in [-0.39, 0.29) is 24.4 Å². The van der Waals surface area contributed by atoms with E-state index >= 15 is 0 Å². The lowest BCUT2D eigenvalue weighted by Gasteiger charge is -2.46. The van der Waals surface area contributed by atoms with Crippen molar-refractivity contribution in [3.05, 3.63) is 35.4 Å². The van der Waals surface area contributed by atoms with Crippen molar-refractivity contribution in [2.75, 3.05) is 33.2 Å². The third-order valence-electron chi connectivity index (χ3n) is 5.31. The Morgan fingerprint density at radius 1 is 1.05 bits per heavy atom. The van der Waals surface area contributed by atoms with Gasteiger partial charge in [-0.05, 0) is 24.0 Å². The maximum atomic E-state index is 12.4. The van der Waals surface area contributed by atoms with E-state index in [0.29, 0.717) is 19.1 Å². The van der Waals surface area contributed by atoms with Gasteiger partial charge in [-0.15, -0.1) is 0 Å². The van der Waals surface area contributed by atoms with Gasteiger partial charge in [0.1, 0.15) is 6.04 Å². The van der Waals surface area contributed by atoms with E-state index in [2.05, 4.69) is 29.2 Å². The lowest BCUT2D eigenvalue weighted by Crippen LogP contribution is -2.67. The summed E-state index contributed by atoms with van der Waals surface area (Å²) < 4.78 is 0. The Hall–Kier alpha value is -1.88. The van der Waals surface area contributed by atoms with Crippen LogP contribution in [0.5, 0.6) is 0 Å². The number of piperazine rings is 2. The minimum Gasteiger partial charge on any atom is -0.335 e. The SMILES string of the molecule is CN1CC(=O)N2CCN(C3Cc4ccccc4C3)C[C@H]2C1=O. The van der Waals surface area contributed by atoms with Crippen LogP contribution in [-0.4, -0.2) is 71.8 Å². The summed E-state index contributed by atoms with van der Waals surface area (Å²) in [5.41, 5.74) is 2.86. The van der Waals surface area contributed by atoms with E-state index < -0.39 is 0 Å². The molecule has 5 heteroatoms. The minimum absolute atomic E-state index is 0.0832. The molecule has 2 amide bonds. The Labute approximate surface area is 130 Å². The van der Waals surface area contributed by atoms with Crippen LogP contribution in [0, 0.1) is 0 Å². The molecule has 22 heavy (non-hydrogen) atoms. The highest BCUT2D eigenvalue weighted by Gasteiger charge is 2.43. The average molecular weight is 299 g/mol. The first-order chi connectivity index (χ1) is 10.6. The second-order valence-electron chi connectivity index (χ2n) is 6.62. The van der Waals surface area contributed by atoms with Crippen molar-refractivity contribution in [3.63, 3.8) is 0 Å². The zero-order valence-corrected chi connectivity index (χ0v) is 12.9. The first-order valence-corrected chi connectivity index (χ1v) is 7.99. The molecule has 2 fully saturated rings. The van der Waals surface area contributed by atoms with Crippen LogP contribution >= 0.6 is 0 Å². The summed E-state index contributed by atoms with van der Waals surface area (Å²) in [6.07, 6.45) is 2.11. The average Bonchev–Trinajstić information content (AvgIpc) is 2.96. The number of likely N-dealkylation sites (N-methyl/N-ethyl adjacent to an activating group) is 1. The molecule has 0 unspecified atom stereocenters. The summed E-state index contributed by atoms with van der Waals surface area (Å²) in [4.78, 5) is 30.2. The van der Waals surface area contributed by atoms with Crippen LogP contribution in [0.1, 0.15) is 11.1 Å². The van der Waals surface area contributed by atoms with Crippen LogP contribution in [0.4, 0.5) is 0 Å². The molecule has 0 aromatic heterocycles. The number of hydrogen-bond acceptors (Lipinski definition) is 3. The van der Waals surface area contributed by atoms with Crippen LogP contribution < -0.4 is 0 Å². The highest BCUT2D eigenvalue weighted by atomic mass is 16.2. The van der Waals surface area contributed by atoms with Gasteiger partial charge in [-0.1, -0.05) is 24.3 Å². The van der Waals surface area contributed by atoms with E-state index in [1.165, 1.54) is 11.1 Å². The predicted molar refractivity (Wildman–Crippen MR) is 82.3 cm³/mol. The minimum atomic E-state index is -0.288. The standard InChI is InChI=1S/C17H21N3O2/c1-18-11-16(21)20-7-6-19(10-15(20)17(18)22)14-8-12-4-2-3-5-13(12)9-14/h2-5,14-15H,6-11H2,1H3/t15-/m0/s1. The van der Waals surface area contributed by atoms with Gasteiger partial charge in [-0.25, -0.2) is 0 Å². The summed E-state index contributed by atoms with van der Waals surface area (Å²) in [6.45, 7) is 2.45. The molecule has 0 spiro atoms. The first kappa shape index (κ1) is 13.8. The Kier molecular flexibility index (Phi) is 3.18. The van der Waals surface area contributed by atoms with Crippen molar-refractivity contribution in [1.82, 2.24) is 14.7 Å². The second kappa shape index (κ2) is 5.09. The molecule has 2 aliphatic heterocycles. The van der Waals surface area contributed by atoms with Gasteiger partial charge in [0.05, 0.1) is 6.54 Å². The third-order valence-corrected chi connectivity index (χ3v) is 5.31. The van der Waals surface area contributed by atoms with Crippen LogP contribution in [0.3, 0.4) is 0 Å². The Morgan fingerprint density at radius 3 is 2.41 bits per heavy atom. The molecule has 2 heterocycles. The van der Waals surface area contributed by atoms with Gasteiger partial charge in [-0.2, -0.15) is 0 Å². The van der Waals surface area contributed by atoms with Crippen molar-refractivity contribution >= 4 is 11.8 Å². The number of carbonyl (C=O) groups excluding carboxylic acids is 2. The number of fused-ring (bicyclic) bond motifs is 2. The number of amides is 2. The van der Waals surface area contributed by atoms with Crippen molar-refractivity contribution in [3.8, 4) is 0 Å². The van der Waals surface area contributed by atoms with Crippen molar-refractivity contribution < 1.29 is 9.59 Å². The summed E-state index contributed by atoms with van der Waals surface area (Å²) >= 11 is 0. The van der Waals surface area contributed by atoms with Crippen molar-refractivity contribution in [2.24, 2.45) is 0 Å². The molecule has 1 aromatic carbocycles. The normalized spacial score (nSPS) is 26.3. The highest BCUT2D eigenvalue weighted by molar-refractivity contribution is 5.95. The Balaban J connectivity index is 1.50. The Bertz CT molecular complexity index is 605. The van der Waals surface area contributed by atoms with Gasteiger partial charge >= 0.3 is 0 Å². The molecule has 116 valence electrons. The number of nitrogens with zero attached hydrogens (tertiary/aromatic N) is 3. The van der Waals surface area contributed by atoms with E-state index in [9.17, 15) is 9.59 Å². The van der Waals surface area contributed by atoms with Gasteiger partial charge in [0, 0.05) is 32.7 Å².